The zero-order valence-corrected chi connectivity index (χ0v) is 8.93. The normalized spacial score (nSPS) is 10.3. The maximum Gasteiger partial charge on any atom is 0.246 e. The van der Waals surface area contributed by atoms with Crippen molar-refractivity contribution in [3.63, 3.8) is 0 Å². The molecule has 1 amide bonds. The Morgan fingerprint density at radius 2 is 2.40 bits per heavy atom. The maximum absolute atomic E-state index is 11.2. The van der Waals surface area contributed by atoms with E-state index in [1.165, 1.54) is 6.33 Å². The van der Waals surface area contributed by atoms with Gasteiger partial charge < -0.3 is 10.1 Å². The molecule has 0 bridgehead atoms. The van der Waals surface area contributed by atoms with E-state index in [1.807, 2.05) is 13.8 Å². The topological polar surface area (TPSA) is 64.1 Å². The molecule has 0 fully saturated rings. The number of nitrogens with one attached hydrogen (secondary N) is 1. The molecule has 0 saturated heterocycles. The number of amides is 1. The highest BCUT2D eigenvalue weighted by Crippen LogP contribution is 1.90. The Bertz CT molecular complexity index is 301. The fourth-order valence-corrected chi connectivity index (χ4v) is 0.905. The predicted molar refractivity (Wildman–Crippen MR) is 55.0 cm³/mol. The van der Waals surface area contributed by atoms with Gasteiger partial charge in [-0.2, -0.15) is 0 Å². The Morgan fingerprint density at radius 3 is 3.00 bits per heavy atom. The van der Waals surface area contributed by atoms with Gasteiger partial charge in [0.1, 0.15) is 12.9 Å². The number of ether oxygens (including phenoxy) is 1. The minimum atomic E-state index is -0.137. The van der Waals surface area contributed by atoms with E-state index in [2.05, 4.69) is 15.3 Å². The highest BCUT2D eigenvalue weighted by Gasteiger charge is 2.02. The number of rotatable bonds is 5. The second-order valence-electron chi connectivity index (χ2n) is 3.34. The summed E-state index contributed by atoms with van der Waals surface area (Å²) in [5, 5.41) is 2.70. The molecule has 0 saturated carbocycles. The van der Waals surface area contributed by atoms with Crippen molar-refractivity contribution in [1.29, 1.82) is 0 Å². The number of hydrogen-bond acceptors (Lipinski definition) is 4. The first kappa shape index (κ1) is 11.6. The minimum absolute atomic E-state index is 0.0646. The molecule has 0 spiro atoms. The Hall–Kier alpha value is -1.49. The molecule has 0 radical (unpaired) electrons. The van der Waals surface area contributed by atoms with E-state index in [9.17, 15) is 4.79 Å². The second kappa shape index (κ2) is 6.08. The van der Waals surface area contributed by atoms with Crippen molar-refractivity contribution >= 4 is 5.91 Å². The van der Waals surface area contributed by atoms with Crippen LogP contribution in [0.4, 0.5) is 0 Å². The number of carbonyl (C=O) groups excluding carboxylic acids is 1. The Labute approximate surface area is 88.9 Å². The van der Waals surface area contributed by atoms with Crippen molar-refractivity contribution in [3.05, 3.63) is 24.3 Å². The van der Waals surface area contributed by atoms with Gasteiger partial charge in [-0.25, -0.2) is 9.97 Å². The van der Waals surface area contributed by atoms with Crippen LogP contribution in [0.3, 0.4) is 0 Å². The fourth-order valence-electron chi connectivity index (χ4n) is 0.905. The van der Waals surface area contributed by atoms with Crippen molar-refractivity contribution in [2.75, 3.05) is 6.61 Å². The van der Waals surface area contributed by atoms with E-state index in [1.54, 1.807) is 12.3 Å². The zero-order valence-electron chi connectivity index (χ0n) is 8.93. The molecule has 1 rings (SSSR count). The van der Waals surface area contributed by atoms with Gasteiger partial charge in [0.05, 0.1) is 18.3 Å². The average molecular weight is 209 g/mol. The number of carbonyl (C=O) groups is 1. The summed E-state index contributed by atoms with van der Waals surface area (Å²) >= 11 is 0. The SMILES string of the molecule is CC(C)OCC(=O)NCc1ccncn1. The molecule has 1 aromatic heterocycles. The van der Waals surface area contributed by atoms with Gasteiger partial charge in [0.15, 0.2) is 0 Å². The van der Waals surface area contributed by atoms with Gasteiger partial charge in [-0.15, -0.1) is 0 Å². The lowest BCUT2D eigenvalue weighted by atomic mass is 10.4. The van der Waals surface area contributed by atoms with Crippen LogP contribution in [-0.4, -0.2) is 28.6 Å². The lowest BCUT2D eigenvalue weighted by Gasteiger charge is -2.07. The molecule has 0 unspecified atom stereocenters. The molecular formula is C10H15N3O2. The molecule has 0 aliphatic carbocycles. The van der Waals surface area contributed by atoms with Crippen molar-refractivity contribution < 1.29 is 9.53 Å². The van der Waals surface area contributed by atoms with Crippen LogP contribution in [0.1, 0.15) is 19.5 Å². The van der Waals surface area contributed by atoms with Crippen molar-refractivity contribution in [1.82, 2.24) is 15.3 Å². The summed E-state index contributed by atoms with van der Waals surface area (Å²) in [5.41, 5.74) is 0.780. The van der Waals surface area contributed by atoms with Gasteiger partial charge >= 0.3 is 0 Å². The Morgan fingerprint density at radius 1 is 1.60 bits per heavy atom. The molecule has 5 nitrogen and oxygen atoms in total. The quantitative estimate of drug-likeness (QED) is 0.767. The number of nitrogens with zero attached hydrogens (tertiary/aromatic N) is 2. The molecule has 0 aromatic carbocycles. The summed E-state index contributed by atoms with van der Waals surface area (Å²) in [7, 11) is 0. The van der Waals surface area contributed by atoms with Crippen LogP contribution >= 0.6 is 0 Å². The maximum atomic E-state index is 11.2. The largest absolute Gasteiger partial charge is 0.369 e. The highest BCUT2D eigenvalue weighted by atomic mass is 16.5. The van der Waals surface area contributed by atoms with E-state index in [0.29, 0.717) is 6.54 Å². The predicted octanol–water partition coefficient (Wildman–Crippen LogP) is 0.518. The lowest BCUT2D eigenvalue weighted by Crippen LogP contribution is -2.28. The van der Waals surface area contributed by atoms with E-state index in [0.717, 1.165) is 5.69 Å². The minimum Gasteiger partial charge on any atom is -0.369 e. The highest BCUT2D eigenvalue weighted by molar-refractivity contribution is 5.77. The van der Waals surface area contributed by atoms with E-state index >= 15 is 0 Å². The molecule has 0 aliphatic heterocycles. The lowest BCUT2D eigenvalue weighted by molar-refractivity contribution is -0.127. The summed E-state index contributed by atoms with van der Waals surface area (Å²) in [5.74, 6) is -0.137. The van der Waals surface area contributed by atoms with Gasteiger partial charge in [0.2, 0.25) is 5.91 Å². The molecule has 82 valence electrons. The molecule has 5 heteroatoms. The van der Waals surface area contributed by atoms with Crippen molar-refractivity contribution in [2.45, 2.75) is 26.5 Å². The molecule has 0 atom stereocenters. The van der Waals surface area contributed by atoms with E-state index in [4.69, 9.17) is 4.74 Å². The van der Waals surface area contributed by atoms with E-state index in [-0.39, 0.29) is 18.6 Å². The molecule has 1 N–H and O–H groups in total. The van der Waals surface area contributed by atoms with Gasteiger partial charge in [0, 0.05) is 6.20 Å². The zero-order chi connectivity index (χ0) is 11.1. The smallest absolute Gasteiger partial charge is 0.246 e. The summed E-state index contributed by atoms with van der Waals surface area (Å²) in [4.78, 5) is 19.0. The summed E-state index contributed by atoms with van der Waals surface area (Å²) < 4.78 is 5.15. The van der Waals surface area contributed by atoms with Crippen molar-refractivity contribution in [3.8, 4) is 0 Å². The second-order valence-corrected chi connectivity index (χ2v) is 3.34. The fraction of sp³-hybridized carbons (Fsp3) is 0.500. The summed E-state index contributed by atoms with van der Waals surface area (Å²) in [6.45, 7) is 4.26. The third kappa shape index (κ3) is 5.07. The summed E-state index contributed by atoms with van der Waals surface area (Å²) in [6.07, 6.45) is 3.15. The molecule has 0 aliphatic rings. The van der Waals surface area contributed by atoms with E-state index < -0.39 is 0 Å². The molecular weight excluding hydrogens is 194 g/mol. The van der Waals surface area contributed by atoms with Crippen LogP contribution < -0.4 is 5.32 Å². The third-order valence-corrected chi connectivity index (χ3v) is 1.66. The van der Waals surface area contributed by atoms with Crippen LogP contribution in [0.25, 0.3) is 0 Å². The Kier molecular flexibility index (Phi) is 4.70. The van der Waals surface area contributed by atoms with Crippen molar-refractivity contribution in [2.24, 2.45) is 0 Å². The van der Waals surface area contributed by atoms with Gasteiger partial charge in [-0.3, -0.25) is 4.79 Å². The molecule has 1 heterocycles. The molecule has 1 aromatic rings. The van der Waals surface area contributed by atoms with Gasteiger partial charge in [0.25, 0.3) is 0 Å². The molecule has 15 heavy (non-hydrogen) atoms. The van der Waals surface area contributed by atoms with Crippen LogP contribution in [-0.2, 0) is 16.1 Å². The van der Waals surface area contributed by atoms with Gasteiger partial charge in [-0.1, -0.05) is 0 Å². The Balaban J connectivity index is 2.23. The number of hydrogen-bond donors (Lipinski definition) is 1. The summed E-state index contributed by atoms with van der Waals surface area (Å²) in [6, 6.07) is 1.75. The first-order chi connectivity index (χ1) is 7.18. The van der Waals surface area contributed by atoms with Crippen LogP contribution in [0.5, 0.6) is 0 Å². The van der Waals surface area contributed by atoms with Crippen LogP contribution in [0.2, 0.25) is 0 Å². The monoisotopic (exact) mass is 209 g/mol. The third-order valence-electron chi connectivity index (χ3n) is 1.66. The standard InChI is InChI=1S/C10H15N3O2/c1-8(2)15-6-10(14)12-5-9-3-4-11-7-13-9/h3-4,7-8H,5-6H2,1-2H3,(H,12,14). The van der Waals surface area contributed by atoms with Gasteiger partial charge in [-0.05, 0) is 19.9 Å². The first-order valence-corrected chi connectivity index (χ1v) is 4.81. The van der Waals surface area contributed by atoms with Crippen LogP contribution in [0.15, 0.2) is 18.6 Å². The van der Waals surface area contributed by atoms with Crippen LogP contribution in [0, 0.1) is 0 Å². The first-order valence-electron chi connectivity index (χ1n) is 4.81. The number of aromatic nitrogens is 2. The average Bonchev–Trinajstić information content (AvgIpc) is 2.25.